The fraction of sp³-hybridized carbons (Fsp3) is 0.455. The molecule has 1 aromatic rings. The Hall–Kier alpha value is -0.380. The van der Waals surface area contributed by atoms with Crippen LogP contribution >= 0.6 is 15.9 Å². The molecule has 1 aromatic carbocycles. The third-order valence-corrected chi connectivity index (χ3v) is 2.68. The number of nitrogens with zero attached hydrogens (tertiary/aromatic N) is 1. The molecule has 2 N–H and O–H groups in total. The minimum atomic E-state index is 0.419. The number of benzene rings is 1. The fourth-order valence-electron chi connectivity index (χ4n) is 1.52. The second-order valence-electron chi connectivity index (χ2n) is 3.75. The van der Waals surface area contributed by atoms with E-state index in [1.54, 1.807) is 0 Å². The van der Waals surface area contributed by atoms with Crippen LogP contribution in [0.5, 0.6) is 0 Å². The van der Waals surface area contributed by atoms with Crippen molar-refractivity contribution < 1.29 is 0 Å². The highest BCUT2D eigenvalue weighted by Gasteiger charge is 2.10. The van der Waals surface area contributed by atoms with E-state index >= 15 is 0 Å². The molecule has 2 nitrogen and oxygen atoms in total. The van der Waals surface area contributed by atoms with Crippen LogP contribution in [0.25, 0.3) is 0 Å². The van der Waals surface area contributed by atoms with Gasteiger partial charge >= 0.3 is 0 Å². The van der Waals surface area contributed by atoms with Gasteiger partial charge in [-0.1, -0.05) is 28.1 Å². The summed E-state index contributed by atoms with van der Waals surface area (Å²) >= 11 is 3.47. The molecule has 0 radical (unpaired) electrons. The zero-order valence-electron chi connectivity index (χ0n) is 8.70. The van der Waals surface area contributed by atoms with Gasteiger partial charge in [-0.2, -0.15) is 0 Å². The lowest BCUT2D eigenvalue weighted by Crippen LogP contribution is -2.25. The van der Waals surface area contributed by atoms with Crippen molar-refractivity contribution in [3.05, 3.63) is 34.3 Å². The molecule has 1 atom stereocenters. The molecular formula is C11H17BrN2. The van der Waals surface area contributed by atoms with Crippen LogP contribution in [0.15, 0.2) is 28.7 Å². The van der Waals surface area contributed by atoms with E-state index in [0.29, 0.717) is 12.5 Å². The van der Waals surface area contributed by atoms with E-state index in [4.69, 9.17) is 5.73 Å². The predicted molar refractivity (Wildman–Crippen MR) is 64.5 cm³/mol. The van der Waals surface area contributed by atoms with Crippen LogP contribution in [0.3, 0.4) is 0 Å². The summed E-state index contributed by atoms with van der Waals surface area (Å²) in [6, 6.07) is 8.36. The average molecular weight is 257 g/mol. The summed E-state index contributed by atoms with van der Waals surface area (Å²) in [5, 5.41) is 0. The van der Waals surface area contributed by atoms with Gasteiger partial charge < -0.3 is 10.6 Å². The lowest BCUT2D eigenvalue weighted by Gasteiger charge is -2.19. The van der Waals surface area contributed by atoms with E-state index in [9.17, 15) is 0 Å². The van der Waals surface area contributed by atoms with Crippen molar-refractivity contribution >= 4 is 15.9 Å². The molecule has 0 heterocycles. The highest BCUT2D eigenvalue weighted by atomic mass is 79.9. The first-order valence-electron chi connectivity index (χ1n) is 4.73. The number of hydrogen-bond donors (Lipinski definition) is 1. The first kappa shape index (κ1) is 11.7. The van der Waals surface area contributed by atoms with Gasteiger partial charge in [0.2, 0.25) is 0 Å². The van der Waals surface area contributed by atoms with Gasteiger partial charge in [0, 0.05) is 23.5 Å². The average Bonchev–Trinajstić information content (AvgIpc) is 2.14. The smallest absolute Gasteiger partial charge is 0.0178 e. The highest BCUT2D eigenvalue weighted by molar-refractivity contribution is 9.10. The molecule has 1 rings (SSSR count). The summed E-state index contributed by atoms with van der Waals surface area (Å²) in [7, 11) is 4.14. The molecule has 3 heteroatoms. The van der Waals surface area contributed by atoms with Crippen LogP contribution in [0, 0.1) is 0 Å². The molecule has 0 fully saturated rings. The molecule has 0 aliphatic heterocycles. The molecule has 0 aliphatic carbocycles. The molecule has 78 valence electrons. The van der Waals surface area contributed by atoms with Crippen molar-refractivity contribution in [1.82, 2.24) is 4.90 Å². The van der Waals surface area contributed by atoms with Gasteiger partial charge in [0.15, 0.2) is 0 Å². The first-order chi connectivity index (χ1) is 6.63. The van der Waals surface area contributed by atoms with Crippen molar-refractivity contribution in [3.63, 3.8) is 0 Å². The standard InChI is InChI=1S/C11H17BrN2/c1-14(2)8-10(7-13)9-4-3-5-11(12)6-9/h3-6,10H,7-8,13H2,1-2H3. The summed E-state index contributed by atoms with van der Waals surface area (Å²) in [6.07, 6.45) is 0. The summed E-state index contributed by atoms with van der Waals surface area (Å²) < 4.78 is 1.12. The Bertz CT molecular complexity index is 286. The molecule has 0 aliphatic rings. The molecule has 0 bridgehead atoms. The molecule has 0 saturated carbocycles. The van der Waals surface area contributed by atoms with E-state index in [-0.39, 0.29) is 0 Å². The van der Waals surface area contributed by atoms with Crippen LogP contribution in [0.1, 0.15) is 11.5 Å². The lowest BCUT2D eigenvalue weighted by atomic mass is 9.99. The zero-order chi connectivity index (χ0) is 10.6. The molecule has 14 heavy (non-hydrogen) atoms. The van der Waals surface area contributed by atoms with Crippen LogP contribution < -0.4 is 5.73 Å². The van der Waals surface area contributed by atoms with Crippen LogP contribution in [-0.4, -0.2) is 32.1 Å². The van der Waals surface area contributed by atoms with Crippen molar-refractivity contribution in [3.8, 4) is 0 Å². The summed E-state index contributed by atoms with van der Waals surface area (Å²) in [4.78, 5) is 2.17. The minimum Gasteiger partial charge on any atom is -0.330 e. The topological polar surface area (TPSA) is 29.3 Å². The third kappa shape index (κ3) is 3.40. The number of hydrogen-bond acceptors (Lipinski definition) is 2. The molecule has 0 aromatic heterocycles. The Labute approximate surface area is 94.2 Å². The Balaban J connectivity index is 2.78. The lowest BCUT2D eigenvalue weighted by molar-refractivity contribution is 0.375. The zero-order valence-corrected chi connectivity index (χ0v) is 10.3. The SMILES string of the molecule is CN(C)CC(CN)c1cccc(Br)c1. The monoisotopic (exact) mass is 256 g/mol. The van der Waals surface area contributed by atoms with Crippen molar-refractivity contribution in [1.29, 1.82) is 0 Å². The third-order valence-electron chi connectivity index (χ3n) is 2.19. The number of halogens is 1. The maximum Gasteiger partial charge on any atom is 0.0178 e. The number of rotatable bonds is 4. The molecule has 0 saturated heterocycles. The van der Waals surface area contributed by atoms with Gasteiger partial charge in [0.25, 0.3) is 0 Å². The normalized spacial score (nSPS) is 13.2. The van der Waals surface area contributed by atoms with E-state index in [0.717, 1.165) is 11.0 Å². The van der Waals surface area contributed by atoms with E-state index in [1.807, 2.05) is 6.07 Å². The molecule has 1 unspecified atom stereocenters. The van der Waals surface area contributed by atoms with Crippen molar-refractivity contribution in [2.45, 2.75) is 5.92 Å². The van der Waals surface area contributed by atoms with E-state index in [2.05, 4.69) is 53.1 Å². The van der Waals surface area contributed by atoms with Crippen LogP contribution in [0.4, 0.5) is 0 Å². The quantitative estimate of drug-likeness (QED) is 0.894. The highest BCUT2D eigenvalue weighted by Crippen LogP contribution is 2.19. The summed E-state index contributed by atoms with van der Waals surface area (Å²) in [5.74, 6) is 0.419. The van der Waals surface area contributed by atoms with Gasteiger partial charge in [0.1, 0.15) is 0 Å². The van der Waals surface area contributed by atoms with Crippen molar-refractivity contribution in [2.75, 3.05) is 27.2 Å². The maximum absolute atomic E-state index is 5.76. The van der Waals surface area contributed by atoms with Gasteiger partial charge in [-0.05, 0) is 31.8 Å². The van der Waals surface area contributed by atoms with E-state index < -0.39 is 0 Å². The molecule has 0 spiro atoms. The molecular weight excluding hydrogens is 240 g/mol. The second-order valence-corrected chi connectivity index (χ2v) is 4.67. The van der Waals surface area contributed by atoms with Crippen LogP contribution in [0.2, 0.25) is 0 Å². The number of likely N-dealkylation sites (N-methyl/N-ethyl adjacent to an activating group) is 1. The largest absolute Gasteiger partial charge is 0.330 e. The van der Waals surface area contributed by atoms with Gasteiger partial charge in [-0.25, -0.2) is 0 Å². The van der Waals surface area contributed by atoms with Gasteiger partial charge in [-0.15, -0.1) is 0 Å². The first-order valence-corrected chi connectivity index (χ1v) is 5.53. The summed E-state index contributed by atoms with van der Waals surface area (Å²) in [6.45, 7) is 1.68. The summed E-state index contributed by atoms with van der Waals surface area (Å²) in [5.41, 5.74) is 7.06. The number of nitrogens with two attached hydrogens (primary N) is 1. The molecule has 0 amide bonds. The van der Waals surface area contributed by atoms with Gasteiger partial charge in [0.05, 0.1) is 0 Å². The maximum atomic E-state index is 5.76. The Morgan fingerprint density at radius 3 is 2.64 bits per heavy atom. The Morgan fingerprint density at radius 2 is 2.14 bits per heavy atom. The van der Waals surface area contributed by atoms with Crippen LogP contribution in [-0.2, 0) is 0 Å². The van der Waals surface area contributed by atoms with Gasteiger partial charge in [-0.3, -0.25) is 0 Å². The van der Waals surface area contributed by atoms with E-state index in [1.165, 1.54) is 5.56 Å². The minimum absolute atomic E-state index is 0.419. The van der Waals surface area contributed by atoms with Crippen molar-refractivity contribution in [2.24, 2.45) is 5.73 Å². The predicted octanol–water partition coefficient (Wildman–Crippen LogP) is 2.05. The second kappa shape index (κ2) is 5.49. The Morgan fingerprint density at radius 1 is 1.43 bits per heavy atom. The fourth-order valence-corrected chi connectivity index (χ4v) is 1.93. The Kier molecular flexibility index (Phi) is 4.58.